The maximum atomic E-state index is 6.06. The van der Waals surface area contributed by atoms with Crippen molar-refractivity contribution in [3.63, 3.8) is 0 Å². The molecule has 0 aromatic carbocycles. The third-order valence-electron chi connectivity index (χ3n) is 5.52. The molecule has 1 aliphatic heterocycles. The summed E-state index contributed by atoms with van der Waals surface area (Å²) < 4.78 is 11.6. The van der Waals surface area contributed by atoms with Crippen molar-refractivity contribution in [3.8, 4) is 0 Å². The summed E-state index contributed by atoms with van der Waals surface area (Å²) in [5.74, 6) is 1.65. The molecule has 2 fully saturated rings. The SMILES string of the molecule is CCCCOC1CC(NC(=NCC)N(C)CC2CCOC2)C1(C)C.I. The van der Waals surface area contributed by atoms with Gasteiger partial charge in [0.2, 0.25) is 0 Å². The van der Waals surface area contributed by atoms with Crippen molar-refractivity contribution in [3.05, 3.63) is 0 Å². The van der Waals surface area contributed by atoms with Crippen LogP contribution in [0.4, 0.5) is 0 Å². The molecule has 1 aliphatic carbocycles. The highest BCUT2D eigenvalue weighted by Gasteiger charge is 2.49. The zero-order chi connectivity index (χ0) is 17.6. The minimum absolute atomic E-state index is 0. The highest BCUT2D eigenvalue weighted by molar-refractivity contribution is 14.0. The summed E-state index contributed by atoms with van der Waals surface area (Å²) in [6, 6.07) is 0.428. The second-order valence-corrected chi connectivity index (χ2v) is 7.88. The Morgan fingerprint density at radius 2 is 2.12 bits per heavy atom. The molecule has 1 heterocycles. The van der Waals surface area contributed by atoms with E-state index >= 15 is 0 Å². The number of nitrogens with zero attached hydrogens (tertiary/aromatic N) is 2. The number of guanidine groups is 1. The minimum Gasteiger partial charge on any atom is -0.381 e. The van der Waals surface area contributed by atoms with Crippen molar-refractivity contribution >= 4 is 29.9 Å². The molecule has 3 atom stereocenters. The lowest BCUT2D eigenvalue weighted by molar-refractivity contribution is -0.114. The molecule has 25 heavy (non-hydrogen) atoms. The van der Waals surface area contributed by atoms with Crippen molar-refractivity contribution in [2.24, 2.45) is 16.3 Å². The van der Waals surface area contributed by atoms with E-state index in [0.29, 0.717) is 18.1 Å². The highest BCUT2D eigenvalue weighted by atomic mass is 127. The van der Waals surface area contributed by atoms with Crippen LogP contribution < -0.4 is 5.32 Å². The molecule has 0 bridgehead atoms. The summed E-state index contributed by atoms with van der Waals surface area (Å²) >= 11 is 0. The number of unbranched alkanes of at least 4 members (excludes halogenated alkanes) is 1. The zero-order valence-corrected chi connectivity index (χ0v) is 19.0. The lowest BCUT2D eigenvalue weighted by atomic mass is 9.64. The molecule has 2 rings (SSSR count). The highest BCUT2D eigenvalue weighted by Crippen LogP contribution is 2.42. The van der Waals surface area contributed by atoms with Gasteiger partial charge in [0.1, 0.15) is 0 Å². The van der Waals surface area contributed by atoms with Gasteiger partial charge in [-0.05, 0) is 26.2 Å². The third kappa shape index (κ3) is 6.24. The van der Waals surface area contributed by atoms with Crippen LogP contribution in [0.2, 0.25) is 0 Å². The summed E-state index contributed by atoms with van der Waals surface area (Å²) in [7, 11) is 2.14. The maximum Gasteiger partial charge on any atom is 0.193 e. The standard InChI is InChI=1S/C19H37N3O2.HI/c1-6-8-10-24-17-12-16(19(17,3)4)21-18(20-7-2)22(5)13-15-9-11-23-14-15;/h15-17H,6-14H2,1-5H3,(H,20,21);1H. The predicted molar refractivity (Wildman–Crippen MR) is 115 cm³/mol. The van der Waals surface area contributed by atoms with Gasteiger partial charge in [0, 0.05) is 50.7 Å². The smallest absolute Gasteiger partial charge is 0.193 e. The fourth-order valence-electron chi connectivity index (χ4n) is 3.57. The summed E-state index contributed by atoms with van der Waals surface area (Å²) in [4.78, 5) is 6.97. The molecule has 5 nitrogen and oxygen atoms in total. The van der Waals surface area contributed by atoms with Crippen molar-refractivity contribution in [1.29, 1.82) is 0 Å². The lowest BCUT2D eigenvalue weighted by Gasteiger charge is -2.52. The Hall–Kier alpha value is -0.0800. The van der Waals surface area contributed by atoms with E-state index in [1.807, 2.05) is 0 Å². The van der Waals surface area contributed by atoms with E-state index in [4.69, 9.17) is 14.5 Å². The van der Waals surface area contributed by atoms with E-state index < -0.39 is 0 Å². The number of aliphatic imine (C=N–C) groups is 1. The van der Waals surface area contributed by atoms with Crippen LogP contribution in [0.3, 0.4) is 0 Å². The molecule has 0 spiro atoms. The van der Waals surface area contributed by atoms with Gasteiger partial charge in [0.15, 0.2) is 5.96 Å². The van der Waals surface area contributed by atoms with Crippen molar-refractivity contribution in [2.75, 3.05) is 40.0 Å². The monoisotopic (exact) mass is 467 g/mol. The third-order valence-corrected chi connectivity index (χ3v) is 5.52. The van der Waals surface area contributed by atoms with Gasteiger partial charge in [-0.3, -0.25) is 4.99 Å². The molecule has 0 amide bonds. The molecule has 0 radical (unpaired) electrons. The van der Waals surface area contributed by atoms with Crippen LogP contribution in [0.25, 0.3) is 0 Å². The normalized spacial score (nSPS) is 28.2. The molecule has 6 heteroatoms. The fourth-order valence-corrected chi connectivity index (χ4v) is 3.57. The molecule has 0 aromatic heterocycles. The van der Waals surface area contributed by atoms with Crippen LogP contribution >= 0.6 is 24.0 Å². The number of ether oxygens (including phenoxy) is 2. The van der Waals surface area contributed by atoms with Crippen LogP contribution in [-0.2, 0) is 9.47 Å². The summed E-state index contributed by atoms with van der Waals surface area (Å²) in [6.07, 6.45) is 4.93. The number of nitrogens with one attached hydrogen (secondary N) is 1. The van der Waals surface area contributed by atoms with Gasteiger partial charge in [-0.25, -0.2) is 0 Å². The van der Waals surface area contributed by atoms with E-state index in [1.54, 1.807) is 0 Å². The maximum absolute atomic E-state index is 6.06. The molecule has 1 saturated heterocycles. The molecular formula is C19H38IN3O2. The lowest BCUT2D eigenvalue weighted by Crippen LogP contribution is -2.63. The number of hydrogen-bond acceptors (Lipinski definition) is 3. The molecule has 1 saturated carbocycles. The Morgan fingerprint density at radius 1 is 1.36 bits per heavy atom. The molecule has 2 aliphatic rings. The Balaban J connectivity index is 0.00000312. The summed E-state index contributed by atoms with van der Waals surface area (Å²) in [6.45, 7) is 13.4. The number of halogens is 1. The Labute approximate surface area is 171 Å². The molecule has 1 N–H and O–H groups in total. The summed E-state index contributed by atoms with van der Waals surface area (Å²) in [5, 5.41) is 3.69. The predicted octanol–water partition coefficient (Wildman–Crippen LogP) is 3.52. The van der Waals surface area contributed by atoms with E-state index in [1.165, 1.54) is 6.42 Å². The van der Waals surface area contributed by atoms with E-state index in [0.717, 1.165) is 58.1 Å². The fraction of sp³-hybridized carbons (Fsp3) is 0.947. The Bertz CT molecular complexity index is 411. The first-order chi connectivity index (χ1) is 11.5. The Morgan fingerprint density at radius 3 is 2.68 bits per heavy atom. The molecule has 3 unspecified atom stereocenters. The second kappa shape index (κ2) is 10.9. The first-order valence-electron chi connectivity index (χ1n) is 9.70. The largest absolute Gasteiger partial charge is 0.381 e. The van der Waals surface area contributed by atoms with Crippen LogP contribution in [0.5, 0.6) is 0 Å². The summed E-state index contributed by atoms with van der Waals surface area (Å²) in [5.41, 5.74) is 0.152. The first kappa shape index (κ1) is 23.0. The van der Waals surface area contributed by atoms with E-state index in [-0.39, 0.29) is 29.4 Å². The van der Waals surface area contributed by atoms with Gasteiger partial charge in [-0.15, -0.1) is 24.0 Å². The minimum atomic E-state index is 0. The van der Waals surface area contributed by atoms with Gasteiger partial charge >= 0.3 is 0 Å². The van der Waals surface area contributed by atoms with Crippen LogP contribution in [0.1, 0.15) is 53.4 Å². The number of rotatable bonds is 8. The first-order valence-corrected chi connectivity index (χ1v) is 9.70. The second-order valence-electron chi connectivity index (χ2n) is 7.88. The topological polar surface area (TPSA) is 46.1 Å². The van der Waals surface area contributed by atoms with E-state index in [2.05, 4.69) is 45.0 Å². The van der Waals surface area contributed by atoms with Gasteiger partial charge in [-0.1, -0.05) is 27.2 Å². The van der Waals surface area contributed by atoms with Gasteiger partial charge < -0.3 is 19.7 Å². The Kier molecular flexibility index (Phi) is 10.0. The van der Waals surface area contributed by atoms with Crippen molar-refractivity contribution in [1.82, 2.24) is 10.2 Å². The van der Waals surface area contributed by atoms with Crippen molar-refractivity contribution in [2.45, 2.75) is 65.5 Å². The van der Waals surface area contributed by atoms with Gasteiger partial charge in [0.25, 0.3) is 0 Å². The van der Waals surface area contributed by atoms with Crippen LogP contribution in [0, 0.1) is 11.3 Å². The number of hydrogen-bond donors (Lipinski definition) is 1. The molecule has 0 aromatic rings. The van der Waals surface area contributed by atoms with Crippen LogP contribution in [0.15, 0.2) is 4.99 Å². The zero-order valence-electron chi connectivity index (χ0n) is 16.7. The quantitative estimate of drug-likeness (QED) is 0.257. The molecular weight excluding hydrogens is 429 g/mol. The van der Waals surface area contributed by atoms with Crippen molar-refractivity contribution < 1.29 is 9.47 Å². The van der Waals surface area contributed by atoms with Gasteiger partial charge in [0.05, 0.1) is 12.7 Å². The van der Waals surface area contributed by atoms with E-state index in [9.17, 15) is 0 Å². The average molecular weight is 467 g/mol. The van der Waals surface area contributed by atoms with Gasteiger partial charge in [-0.2, -0.15) is 0 Å². The molecule has 148 valence electrons. The average Bonchev–Trinajstić information content (AvgIpc) is 3.05. The van der Waals surface area contributed by atoms with Crippen LogP contribution in [-0.4, -0.2) is 63.0 Å².